The van der Waals surface area contributed by atoms with Crippen LogP contribution in [0.3, 0.4) is 0 Å². The van der Waals surface area contributed by atoms with E-state index >= 15 is 0 Å². The van der Waals surface area contributed by atoms with Gasteiger partial charge < -0.3 is 0 Å². The first-order chi connectivity index (χ1) is 10.8. The van der Waals surface area contributed by atoms with E-state index < -0.39 is 0 Å². The molecule has 2 aromatic rings. The number of aromatic nitrogens is 2. The molecule has 2 aromatic heterocycles. The summed E-state index contributed by atoms with van der Waals surface area (Å²) in [6.45, 7) is 8.30. The molecule has 0 radical (unpaired) electrons. The number of rotatable bonds is 3. The van der Waals surface area contributed by atoms with Crippen molar-refractivity contribution >= 4 is 45.0 Å². The monoisotopic (exact) mass is 350 g/mol. The zero-order valence-corrected chi connectivity index (χ0v) is 15.8. The highest BCUT2D eigenvalue weighted by molar-refractivity contribution is 8.00. The predicted octanol–water partition coefficient (Wildman–Crippen LogP) is 3.76. The van der Waals surface area contributed by atoms with Crippen LogP contribution in [0.15, 0.2) is 9.90 Å². The molecule has 0 aliphatic carbocycles. The van der Waals surface area contributed by atoms with Crippen molar-refractivity contribution in [1.29, 1.82) is 0 Å². The number of thioether (sulfide) groups is 1. The SMILES string of the molecule is CC[C@@]1(C)Cc2c(sc3nc(NN=C(C)C)n(C)c(=O)c23)CS1. The molecule has 0 aromatic carbocycles. The summed E-state index contributed by atoms with van der Waals surface area (Å²) >= 11 is 3.64. The summed E-state index contributed by atoms with van der Waals surface area (Å²) in [5.74, 6) is 1.46. The fourth-order valence-corrected chi connectivity index (χ4v) is 5.18. The van der Waals surface area contributed by atoms with Crippen molar-refractivity contribution in [3.05, 3.63) is 20.8 Å². The molecule has 0 bridgehead atoms. The summed E-state index contributed by atoms with van der Waals surface area (Å²) in [6.07, 6.45) is 2.05. The predicted molar refractivity (Wildman–Crippen MR) is 101 cm³/mol. The second kappa shape index (κ2) is 5.94. The number of fused-ring (bicyclic) bond motifs is 3. The van der Waals surface area contributed by atoms with Gasteiger partial charge in [0.05, 0.1) is 5.39 Å². The maximum atomic E-state index is 12.9. The van der Waals surface area contributed by atoms with E-state index in [4.69, 9.17) is 0 Å². The molecular formula is C16H22N4OS2. The molecule has 1 N–H and O–H groups in total. The zero-order chi connectivity index (χ0) is 16.8. The second-order valence-corrected chi connectivity index (χ2v) is 9.07. The van der Waals surface area contributed by atoms with Gasteiger partial charge >= 0.3 is 0 Å². The first-order valence-electron chi connectivity index (χ1n) is 7.77. The van der Waals surface area contributed by atoms with Crippen molar-refractivity contribution in [2.75, 3.05) is 5.43 Å². The van der Waals surface area contributed by atoms with Gasteiger partial charge in [-0.2, -0.15) is 5.10 Å². The molecule has 0 unspecified atom stereocenters. The first-order valence-corrected chi connectivity index (χ1v) is 9.57. The average molecular weight is 351 g/mol. The highest BCUT2D eigenvalue weighted by Gasteiger charge is 2.32. The number of hydrogen-bond acceptors (Lipinski definition) is 6. The van der Waals surface area contributed by atoms with Gasteiger partial charge in [0.1, 0.15) is 4.83 Å². The van der Waals surface area contributed by atoms with Crippen molar-refractivity contribution in [2.45, 2.75) is 51.0 Å². The lowest BCUT2D eigenvalue weighted by Gasteiger charge is -2.31. The van der Waals surface area contributed by atoms with Gasteiger partial charge in [-0.3, -0.25) is 9.36 Å². The van der Waals surface area contributed by atoms with Crippen LogP contribution in [0.4, 0.5) is 5.95 Å². The van der Waals surface area contributed by atoms with Crippen molar-refractivity contribution < 1.29 is 0 Å². The summed E-state index contributed by atoms with van der Waals surface area (Å²) in [5.41, 5.74) is 5.01. The largest absolute Gasteiger partial charge is 0.280 e. The number of nitrogens with zero attached hydrogens (tertiary/aromatic N) is 3. The Bertz CT molecular complexity index is 848. The Morgan fingerprint density at radius 1 is 1.48 bits per heavy atom. The van der Waals surface area contributed by atoms with E-state index in [-0.39, 0.29) is 10.3 Å². The van der Waals surface area contributed by atoms with Crippen molar-refractivity contribution in [1.82, 2.24) is 9.55 Å². The van der Waals surface area contributed by atoms with E-state index in [1.54, 1.807) is 23.0 Å². The quantitative estimate of drug-likeness (QED) is 0.676. The third kappa shape index (κ3) is 2.92. The molecule has 3 rings (SSSR count). The zero-order valence-electron chi connectivity index (χ0n) is 14.2. The fraction of sp³-hybridized carbons (Fsp3) is 0.562. The number of hydrogen-bond donors (Lipinski definition) is 1. The second-order valence-electron chi connectivity index (χ2n) is 6.42. The number of hydrazone groups is 1. The van der Waals surface area contributed by atoms with Crippen LogP contribution in [0.25, 0.3) is 10.2 Å². The smallest absolute Gasteiger partial charge is 0.263 e. The summed E-state index contributed by atoms with van der Waals surface area (Å²) in [7, 11) is 1.75. The molecule has 0 saturated heterocycles. The third-order valence-corrected chi connectivity index (χ3v) is 7.22. The van der Waals surface area contributed by atoms with Crippen LogP contribution in [-0.2, 0) is 19.2 Å². The van der Waals surface area contributed by atoms with Crippen LogP contribution in [0.1, 0.15) is 44.6 Å². The Morgan fingerprint density at radius 2 is 2.22 bits per heavy atom. The summed E-state index contributed by atoms with van der Waals surface area (Å²) in [4.78, 5) is 19.6. The first kappa shape index (κ1) is 16.5. The van der Waals surface area contributed by atoms with Crippen LogP contribution < -0.4 is 11.0 Å². The van der Waals surface area contributed by atoms with Gasteiger partial charge in [0.2, 0.25) is 5.95 Å². The Morgan fingerprint density at radius 3 is 2.87 bits per heavy atom. The number of nitrogens with one attached hydrogen (secondary N) is 1. The van der Waals surface area contributed by atoms with Crippen molar-refractivity contribution in [3.8, 4) is 0 Å². The maximum absolute atomic E-state index is 12.9. The van der Waals surface area contributed by atoms with E-state index in [1.165, 1.54) is 10.4 Å². The van der Waals surface area contributed by atoms with E-state index in [2.05, 4.69) is 29.4 Å². The molecule has 7 heteroatoms. The van der Waals surface area contributed by atoms with Crippen molar-refractivity contribution in [2.24, 2.45) is 12.1 Å². The van der Waals surface area contributed by atoms with E-state index in [1.807, 2.05) is 25.6 Å². The summed E-state index contributed by atoms with van der Waals surface area (Å²) in [6, 6.07) is 0. The van der Waals surface area contributed by atoms with Gasteiger partial charge in [0.25, 0.3) is 5.56 Å². The average Bonchev–Trinajstić information content (AvgIpc) is 2.86. The Hall–Kier alpha value is -1.34. The van der Waals surface area contributed by atoms with Gasteiger partial charge in [-0.1, -0.05) is 13.8 Å². The Labute approximate surface area is 144 Å². The molecule has 3 heterocycles. The van der Waals surface area contributed by atoms with Gasteiger partial charge in [-0.25, -0.2) is 10.4 Å². The van der Waals surface area contributed by atoms with Crippen molar-refractivity contribution in [3.63, 3.8) is 0 Å². The van der Waals surface area contributed by atoms with Gasteiger partial charge in [0.15, 0.2) is 0 Å². The number of thiophene rings is 1. The van der Waals surface area contributed by atoms with E-state index in [9.17, 15) is 4.79 Å². The molecule has 1 atom stereocenters. The van der Waals surface area contributed by atoms with Gasteiger partial charge in [-0.05, 0) is 32.3 Å². The molecule has 23 heavy (non-hydrogen) atoms. The molecule has 124 valence electrons. The fourth-order valence-electron chi connectivity index (χ4n) is 2.69. The van der Waals surface area contributed by atoms with Gasteiger partial charge in [0, 0.05) is 28.1 Å². The Kier molecular flexibility index (Phi) is 4.27. The lowest BCUT2D eigenvalue weighted by Crippen LogP contribution is -2.28. The van der Waals surface area contributed by atoms with Crippen LogP contribution in [0.5, 0.6) is 0 Å². The van der Waals surface area contributed by atoms with E-state index in [0.29, 0.717) is 5.95 Å². The molecule has 0 spiro atoms. The molecule has 0 saturated carbocycles. The molecular weight excluding hydrogens is 328 g/mol. The molecule has 1 aliphatic rings. The standard InChI is InChI=1S/C16H22N4OS2/c1-6-16(4)7-10-11(8-22-16)23-13-12(10)14(21)20(5)15(17-13)19-18-9(2)3/h6-8H2,1-5H3,(H,17,19)/t16-/m0/s1. The van der Waals surface area contributed by atoms with Gasteiger partial charge in [-0.15, -0.1) is 23.1 Å². The normalized spacial score (nSPS) is 20.4. The molecule has 1 aliphatic heterocycles. The van der Waals surface area contributed by atoms with Crippen LogP contribution in [-0.4, -0.2) is 20.0 Å². The topological polar surface area (TPSA) is 59.3 Å². The van der Waals surface area contributed by atoms with Crippen LogP contribution in [0, 0.1) is 0 Å². The summed E-state index contributed by atoms with van der Waals surface area (Å²) < 4.78 is 1.78. The Balaban J connectivity index is 2.15. The minimum atomic E-state index is 0.0179. The highest BCUT2D eigenvalue weighted by Crippen LogP contribution is 2.45. The molecule has 0 fully saturated rings. The lowest BCUT2D eigenvalue weighted by molar-refractivity contribution is 0.610. The molecule has 5 nitrogen and oxygen atoms in total. The highest BCUT2D eigenvalue weighted by atomic mass is 32.2. The minimum Gasteiger partial charge on any atom is -0.280 e. The number of anilines is 1. The lowest BCUT2D eigenvalue weighted by atomic mass is 9.96. The maximum Gasteiger partial charge on any atom is 0.263 e. The summed E-state index contributed by atoms with van der Waals surface area (Å²) in [5, 5.41) is 4.97. The third-order valence-electron chi connectivity index (χ3n) is 4.35. The van der Waals surface area contributed by atoms with Crippen LogP contribution >= 0.6 is 23.1 Å². The molecule has 0 amide bonds. The minimum absolute atomic E-state index is 0.0179. The van der Waals surface area contributed by atoms with E-state index in [0.717, 1.165) is 34.5 Å². The van der Waals surface area contributed by atoms with Crippen LogP contribution in [0.2, 0.25) is 0 Å².